The van der Waals surface area contributed by atoms with E-state index in [1.807, 2.05) is 6.92 Å². The second-order valence-corrected chi connectivity index (χ2v) is 7.36. The summed E-state index contributed by atoms with van der Waals surface area (Å²) < 4.78 is 43.9. The largest absolute Gasteiger partial charge is 0.433 e. The van der Waals surface area contributed by atoms with Gasteiger partial charge in [0.25, 0.3) is 5.91 Å². The minimum Gasteiger partial charge on any atom is -0.361 e. The van der Waals surface area contributed by atoms with Gasteiger partial charge in [-0.3, -0.25) is 4.79 Å². The predicted molar refractivity (Wildman–Crippen MR) is 99.6 cm³/mol. The molecule has 1 saturated heterocycles. The van der Waals surface area contributed by atoms with Crippen LogP contribution in [-0.4, -0.2) is 39.0 Å². The van der Waals surface area contributed by atoms with Gasteiger partial charge in [0, 0.05) is 24.7 Å². The van der Waals surface area contributed by atoms with Crippen LogP contribution in [0.5, 0.6) is 0 Å². The maximum atomic E-state index is 13.0. The highest BCUT2D eigenvalue weighted by Gasteiger charge is 2.33. The van der Waals surface area contributed by atoms with Crippen molar-refractivity contribution in [3.63, 3.8) is 0 Å². The number of aromatic amines is 1. The third kappa shape index (κ3) is 3.61. The molecule has 1 fully saturated rings. The summed E-state index contributed by atoms with van der Waals surface area (Å²) in [4.78, 5) is 21.7. The number of amides is 1. The molecule has 154 valence electrons. The van der Waals surface area contributed by atoms with E-state index in [-0.39, 0.29) is 17.3 Å². The van der Waals surface area contributed by atoms with E-state index in [9.17, 15) is 18.0 Å². The molecule has 0 spiro atoms. The van der Waals surface area contributed by atoms with Crippen LogP contribution in [0.15, 0.2) is 22.7 Å². The van der Waals surface area contributed by atoms with Crippen LogP contribution in [0, 0.1) is 6.92 Å². The number of carbonyl (C=O) groups excluding carboxylic acids is 1. The Morgan fingerprint density at radius 1 is 1.38 bits per heavy atom. The molecule has 1 atom stereocenters. The van der Waals surface area contributed by atoms with E-state index < -0.39 is 11.9 Å². The minimum atomic E-state index is -4.48. The minimum absolute atomic E-state index is 0.00137. The lowest BCUT2D eigenvalue weighted by atomic mass is 9.94. The first-order chi connectivity index (χ1) is 13.8. The molecule has 3 aromatic rings. The lowest BCUT2D eigenvalue weighted by molar-refractivity contribution is -0.140. The van der Waals surface area contributed by atoms with Crippen LogP contribution in [0.1, 0.15) is 58.9 Å². The SMILES string of the molecule is CCc1noc(C)c1C(=O)N1CCC[C@@H](c2cc3nc(C(F)(F)F)ccc3[nH]2)C1. The van der Waals surface area contributed by atoms with E-state index in [4.69, 9.17) is 4.52 Å². The smallest absolute Gasteiger partial charge is 0.361 e. The highest BCUT2D eigenvalue weighted by atomic mass is 19.4. The Morgan fingerprint density at radius 2 is 2.17 bits per heavy atom. The number of alkyl halides is 3. The van der Waals surface area contributed by atoms with Crippen molar-refractivity contribution >= 4 is 16.9 Å². The maximum absolute atomic E-state index is 13.0. The standard InChI is InChI=1S/C20H21F3N4O2/c1-3-13-18(11(2)29-26-13)19(28)27-8-4-5-12(10-27)15-9-16-14(24-15)6-7-17(25-16)20(21,22)23/h6-7,9,12,24H,3-5,8,10H2,1-2H3/t12-/m1/s1. The van der Waals surface area contributed by atoms with Crippen molar-refractivity contribution in [3.8, 4) is 0 Å². The molecule has 0 radical (unpaired) electrons. The molecule has 0 bridgehead atoms. The van der Waals surface area contributed by atoms with E-state index in [2.05, 4.69) is 15.1 Å². The van der Waals surface area contributed by atoms with E-state index in [0.717, 1.165) is 24.6 Å². The summed E-state index contributed by atoms with van der Waals surface area (Å²) in [5, 5.41) is 3.96. The highest BCUT2D eigenvalue weighted by molar-refractivity contribution is 5.96. The number of likely N-dealkylation sites (tertiary alicyclic amines) is 1. The zero-order chi connectivity index (χ0) is 20.8. The van der Waals surface area contributed by atoms with Crippen LogP contribution < -0.4 is 0 Å². The average molecular weight is 406 g/mol. The van der Waals surface area contributed by atoms with Crippen LogP contribution in [0.25, 0.3) is 11.0 Å². The van der Waals surface area contributed by atoms with Gasteiger partial charge in [-0.15, -0.1) is 0 Å². The molecule has 29 heavy (non-hydrogen) atoms. The third-order valence-corrected chi connectivity index (χ3v) is 5.42. The summed E-state index contributed by atoms with van der Waals surface area (Å²) in [6, 6.07) is 4.03. The molecule has 1 aliphatic heterocycles. The van der Waals surface area contributed by atoms with Gasteiger partial charge in [0.05, 0.1) is 16.7 Å². The molecule has 1 aliphatic rings. The number of piperidine rings is 1. The number of rotatable bonds is 3. The molecule has 1 N–H and O–H groups in total. The Bertz CT molecular complexity index is 1050. The zero-order valence-electron chi connectivity index (χ0n) is 16.1. The fourth-order valence-corrected chi connectivity index (χ4v) is 3.91. The first-order valence-electron chi connectivity index (χ1n) is 9.59. The number of nitrogens with one attached hydrogen (secondary N) is 1. The summed E-state index contributed by atoms with van der Waals surface area (Å²) in [6.07, 6.45) is -2.23. The van der Waals surface area contributed by atoms with E-state index in [1.54, 1.807) is 17.9 Å². The topological polar surface area (TPSA) is 75.0 Å². The summed E-state index contributed by atoms with van der Waals surface area (Å²) >= 11 is 0. The number of carbonyl (C=O) groups is 1. The number of aromatic nitrogens is 3. The highest BCUT2D eigenvalue weighted by Crippen LogP contribution is 2.32. The van der Waals surface area contributed by atoms with Gasteiger partial charge >= 0.3 is 6.18 Å². The first kappa shape index (κ1) is 19.5. The Morgan fingerprint density at radius 3 is 2.90 bits per heavy atom. The van der Waals surface area contributed by atoms with Gasteiger partial charge < -0.3 is 14.4 Å². The van der Waals surface area contributed by atoms with Crippen LogP contribution in [-0.2, 0) is 12.6 Å². The summed E-state index contributed by atoms with van der Waals surface area (Å²) in [7, 11) is 0. The zero-order valence-corrected chi connectivity index (χ0v) is 16.1. The molecule has 6 nitrogen and oxygen atoms in total. The van der Waals surface area contributed by atoms with Gasteiger partial charge in [-0.2, -0.15) is 13.2 Å². The van der Waals surface area contributed by atoms with Crippen molar-refractivity contribution in [1.29, 1.82) is 0 Å². The van der Waals surface area contributed by atoms with Crippen molar-refractivity contribution in [2.75, 3.05) is 13.1 Å². The number of hydrogen-bond acceptors (Lipinski definition) is 4. The lowest BCUT2D eigenvalue weighted by Crippen LogP contribution is -2.39. The molecule has 4 rings (SSSR count). The number of pyridine rings is 1. The number of halogens is 3. The third-order valence-electron chi connectivity index (χ3n) is 5.42. The van der Waals surface area contributed by atoms with Crippen molar-refractivity contribution < 1.29 is 22.5 Å². The summed E-state index contributed by atoms with van der Waals surface area (Å²) in [5.41, 5.74) is 1.87. The number of aryl methyl sites for hydroxylation is 2. The van der Waals surface area contributed by atoms with Crippen LogP contribution >= 0.6 is 0 Å². The van der Waals surface area contributed by atoms with Gasteiger partial charge in [-0.25, -0.2) is 4.98 Å². The Balaban J connectivity index is 1.58. The second kappa shape index (κ2) is 7.20. The molecule has 4 heterocycles. The molecule has 0 aromatic carbocycles. The first-order valence-corrected chi connectivity index (χ1v) is 9.59. The van der Waals surface area contributed by atoms with Crippen molar-refractivity contribution in [3.05, 3.63) is 46.6 Å². The summed E-state index contributed by atoms with van der Waals surface area (Å²) in [5.74, 6) is 0.392. The van der Waals surface area contributed by atoms with Crippen LogP contribution in [0.3, 0.4) is 0 Å². The van der Waals surface area contributed by atoms with Crippen molar-refractivity contribution in [2.24, 2.45) is 0 Å². The molecule has 1 amide bonds. The molecule has 0 saturated carbocycles. The molecular weight excluding hydrogens is 385 g/mol. The number of H-pyrrole nitrogens is 1. The fraction of sp³-hybridized carbons (Fsp3) is 0.450. The second-order valence-electron chi connectivity index (χ2n) is 7.36. The molecule has 0 unspecified atom stereocenters. The lowest BCUT2D eigenvalue weighted by Gasteiger charge is -2.32. The monoisotopic (exact) mass is 406 g/mol. The Labute approximate surface area is 165 Å². The molecule has 3 aromatic heterocycles. The van der Waals surface area contributed by atoms with Crippen molar-refractivity contribution in [1.82, 2.24) is 20.0 Å². The van der Waals surface area contributed by atoms with Gasteiger partial charge in [-0.05, 0) is 44.4 Å². The molecule has 9 heteroatoms. The van der Waals surface area contributed by atoms with Gasteiger partial charge in [0.1, 0.15) is 17.0 Å². The Hall–Kier alpha value is -2.84. The van der Waals surface area contributed by atoms with E-state index in [0.29, 0.717) is 42.0 Å². The predicted octanol–water partition coefficient (Wildman–Crippen LogP) is 4.46. The number of fused-ring (bicyclic) bond motifs is 1. The van der Waals surface area contributed by atoms with Gasteiger partial charge in [-0.1, -0.05) is 12.1 Å². The van der Waals surface area contributed by atoms with Crippen molar-refractivity contribution in [2.45, 2.75) is 45.2 Å². The van der Waals surface area contributed by atoms with Crippen LogP contribution in [0.2, 0.25) is 0 Å². The Kier molecular flexibility index (Phi) is 4.84. The number of hydrogen-bond donors (Lipinski definition) is 1. The fourth-order valence-electron chi connectivity index (χ4n) is 3.91. The van der Waals surface area contributed by atoms with Gasteiger partial charge in [0.2, 0.25) is 0 Å². The van der Waals surface area contributed by atoms with E-state index in [1.165, 1.54) is 6.07 Å². The maximum Gasteiger partial charge on any atom is 0.433 e. The average Bonchev–Trinajstić information content (AvgIpc) is 3.29. The number of nitrogens with zero attached hydrogens (tertiary/aromatic N) is 3. The normalized spacial score (nSPS) is 17.8. The summed E-state index contributed by atoms with van der Waals surface area (Å²) in [6.45, 7) is 4.74. The quantitative estimate of drug-likeness (QED) is 0.697. The molecule has 0 aliphatic carbocycles. The van der Waals surface area contributed by atoms with Gasteiger partial charge in [0.15, 0.2) is 0 Å². The van der Waals surface area contributed by atoms with E-state index >= 15 is 0 Å². The van der Waals surface area contributed by atoms with Crippen LogP contribution in [0.4, 0.5) is 13.2 Å². The molecular formula is C20H21F3N4O2.